The molecule has 6 heteroatoms. The van der Waals surface area contributed by atoms with Gasteiger partial charge >= 0.3 is 0 Å². The number of unbranched alkanes of at least 4 members (excludes halogenated alkanes) is 1. The van der Waals surface area contributed by atoms with Crippen molar-refractivity contribution in [3.05, 3.63) is 70.3 Å². The molecule has 0 spiro atoms. The Kier molecular flexibility index (Phi) is 11.3. The summed E-state index contributed by atoms with van der Waals surface area (Å²) in [6.07, 6.45) is 13.0. The highest BCUT2D eigenvalue weighted by molar-refractivity contribution is 7.80. The second-order valence-corrected chi connectivity index (χ2v) is 10.2. The van der Waals surface area contributed by atoms with Crippen LogP contribution in [0.4, 0.5) is 5.69 Å². The molecule has 35 heavy (non-hydrogen) atoms. The van der Waals surface area contributed by atoms with Gasteiger partial charge in [0.2, 0.25) is 5.91 Å². The Labute approximate surface area is 221 Å². The first-order valence-corrected chi connectivity index (χ1v) is 13.9. The number of amides is 1. The zero-order valence-electron chi connectivity index (χ0n) is 20.8. The fourth-order valence-electron chi connectivity index (χ4n) is 4.55. The number of benzene rings is 2. The number of halogens is 1. The van der Waals surface area contributed by atoms with Crippen molar-refractivity contribution in [1.82, 2.24) is 0 Å². The molecule has 0 bridgehead atoms. The Morgan fingerprint density at radius 2 is 2.06 bits per heavy atom. The van der Waals surface area contributed by atoms with Gasteiger partial charge in [-0.15, -0.1) is 0 Å². The van der Waals surface area contributed by atoms with E-state index in [1.165, 1.54) is 11.1 Å². The van der Waals surface area contributed by atoms with Gasteiger partial charge in [-0.3, -0.25) is 4.79 Å². The molecule has 2 aromatic rings. The van der Waals surface area contributed by atoms with Gasteiger partial charge in [-0.05, 0) is 98.1 Å². The van der Waals surface area contributed by atoms with Crippen molar-refractivity contribution in [1.29, 1.82) is 0 Å². The van der Waals surface area contributed by atoms with E-state index in [0.717, 1.165) is 86.7 Å². The molecule has 190 valence electrons. The van der Waals surface area contributed by atoms with Crippen LogP contribution < -0.4 is 15.4 Å². The highest BCUT2D eigenvalue weighted by Crippen LogP contribution is 2.34. The van der Waals surface area contributed by atoms with Crippen molar-refractivity contribution in [2.75, 3.05) is 23.8 Å². The third-order valence-corrected chi connectivity index (χ3v) is 7.31. The summed E-state index contributed by atoms with van der Waals surface area (Å²) in [4.78, 5) is 14.4. The fraction of sp³-hybridized carbons (Fsp3) is 0.483. The van der Waals surface area contributed by atoms with Gasteiger partial charge in [-0.25, -0.2) is 0 Å². The van der Waals surface area contributed by atoms with Crippen molar-refractivity contribution >= 4 is 35.8 Å². The van der Waals surface area contributed by atoms with E-state index in [9.17, 15) is 4.79 Å². The summed E-state index contributed by atoms with van der Waals surface area (Å²) in [6.45, 7) is 4.50. The lowest BCUT2D eigenvalue weighted by atomic mass is 9.96. The summed E-state index contributed by atoms with van der Waals surface area (Å²) in [7, 11) is 0. The van der Waals surface area contributed by atoms with E-state index in [4.69, 9.17) is 22.1 Å². The lowest BCUT2D eigenvalue weighted by Crippen LogP contribution is -2.27. The number of carbonyl (C=O) groups excluding carboxylic acids is 1. The van der Waals surface area contributed by atoms with Crippen LogP contribution >= 0.6 is 24.2 Å². The molecule has 0 saturated carbocycles. The SMILES string of the molecule is CC[C@@H](C/C=C/CCCS)CCN1Cc2ccc(Cl)cc2CCCCOc2ccc(C(N)=O)cc21. The summed E-state index contributed by atoms with van der Waals surface area (Å²) in [6, 6.07) is 11.8. The highest BCUT2D eigenvalue weighted by Gasteiger charge is 2.19. The fourth-order valence-corrected chi connectivity index (χ4v) is 4.93. The molecule has 2 aromatic carbocycles. The second kappa shape index (κ2) is 14.4. The number of hydrogen-bond donors (Lipinski definition) is 2. The molecule has 0 aliphatic carbocycles. The summed E-state index contributed by atoms with van der Waals surface area (Å²) < 4.78 is 6.21. The maximum Gasteiger partial charge on any atom is 0.248 e. The van der Waals surface area contributed by atoms with E-state index in [1.54, 1.807) is 6.07 Å². The number of anilines is 1. The maximum atomic E-state index is 12.0. The lowest BCUT2D eigenvalue weighted by Gasteiger charge is -2.29. The Morgan fingerprint density at radius 1 is 1.20 bits per heavy atom. The van der Waals surface area contributed by atoms with E-state index < -0.39 is 5.91 Å². The van der Waals surface area contributed by atoms with E-state index >= 15 is 0 Å². The minimum absolute atomic E-state index is 0.424. The van der Waals surface area contributed by atoms with Gasteiger partial charge in [0.25, 0.3) is 0 Å². The number of thiol groups is 1. The molecule has 4 nitrogen and oxygen atoms in total. The normalized spacial score (nSPS) is 15.1. The number of fused-ring (bicyclic) bond motifs is 2. The largest absolute Gasteiger partial charge is 0.491 e. The molecule has 1 aliphatic heterocycles. The van der Waals surface area contributed by atoms with Gasteiger partial charge in [0.1, 0.15) is 5.75 Å². The number of carbonyl (C=O) groups is 1. The molecule has 0 radical (unpaired) electrons. The summed E-state index contributed by atoms with van der Waals surface area (Å²) in [5.41, 5.74) is 9.64. The number of nitrogens with zero attached hydrogens (tertiary/aromatic N) is 1. The number of nitrogens with two attached hydrogens (primary N) is 1. The van der Waals surface area contributed by atoms with Crippen LogP contribution in [0.1, 0.15) is 73.4 Å². The van der Waals surface area contributed by atoms with Crippen LogP contribution in [0, 0.1) is 5.92 Å². The third kappa shape index (κ3) is 8.50. The summed E-state index contributed by atoms with van der Waals surface area (Å²) >= 11 is 10.6. The molecule has 3 rings (SSSR count). The lowest BCUT2D eigenvalue weighted by molar-refractivity contribution is 0.100. The zero-order valence-corrected chi connectivity index (χ0v) is 22.5. The molecule has 1 heterocycles. The van der Waals surface area contributed by atoms with E-state index in [-0.39, 0.29) is 0 Å². The Morgan fingerprint density at radius 3 is 2.83 bits per heavy atom. The number of aryl methyl sites for hydroxylation is 1. The van der Waals surface area contributed by atoms with E-state index in [0.29, 0.717) is 18.1 Å². The smallest absolute Gasteiger partial charge is 0.248 e. The van der Waals surface area contributed by atoms with Gasteiger partial charge in [-0.2, -0.15) is 12.6 Å². The molecule has 0 fully saturated rings. The molecule has 1 aliphatic rings. The van der Waals surface area contributed by atoms with Gasteiger partial charge < -0.3 is 15.4 Å². The van der Waals surface area contributed by atoms with Gasteiger partial charge in [0, 0.05) is 23.7 Å². The summed E-state index contributed by atoms with van der Waals surface area (Å²) in [5.74, 6) is 1.91. The van der Waals surface area contributed by atoms with Crippen molar-refractivity contribution in [2.45, 2.75) is 64.8 Å². The van der Waals surface area contributed by atoms with Crippen LogP contribution in [0.25, 0.3) is 0 Å². The first-order valence-electron chi connectivity index (χ1n) is 12.9. The molecular weight excluding hydrogens is 476 g/mol. The quantitative estimate of drug-likeness (QED) is 0.200. The van der Waals surface area contributed by atoms with Crippen LogP contribution in [-0.4, -0.2) is 24.8 Å². The van der Waals surface area contributed by atoms with Gasteiger partial charge in [-0.1, -0.05) is 43.2 Å². The Balaban J connectivity index is 1.89. The average Bonchev–Trinajstić information content (AvgIpc) is 2.88. The predicted molar refractivity (Wildman–Crippen MR) is 151 cm³/mol. The molecule has 1 atom stereocenters. The molecule has 0 saturated heterocycles. The van der Waals surface area contributed by atoms with Crippen molar-refractivity contribution in [2.24, 2.45) is 11.7 Å². The van der Waals surface area contributed by atoms with Crippen molar-refractivity contribution in [3.8, 4) is 5.75 Å². The van der Waals surface area contributed by atoms with Crippen LogP contribution in [0.5, 0.6) is 5.75 Å². The number of primary amides is 1. The van der Waals surface area contributed by atoms with Crippen LogP contribution in [0.3, 0.4) is 0 Å². The first kappa shape index (κ1) is 27.5. The van der Waals surface area contributed by atoms with Crippen LogP contribution in [0.15, 0.2) is 48.6 Å². The molecule has 1 amide bonds. The van der Waals surface area contributed by atoms with Gasteiger partial charge in [0.05, 0.1) is 12.3 Å². The Hall–Kier alpha value is -2.11. The van der Waals surface area contributed by atoms with Crippen molar-refractivity contribution in [3.63, 3.8) is 0 Å². The molecule has 2 N–H and O–H groups in total. The maximum absolute atomic E-state index is 12.0. The highest BCUT2D eigenvalue weighted by atomic mass is 35.5. The predicted octanol–water partition coefficient (Wildman–Crippen LogP) is 7.23. The Bertz CT molecular complexity index is 995. The minimum Gasteiger partial charge on any atom is -0.491 e. The van der Waals surface area contributed by atoms with Crippen molar-refractivity contribution < 1.29 is 9.53 Å². The topological polar surface area (TPSA) is 55.6 Å². The number of hydrogen-bond acceptors (Lipinski definition) is 4. The summed E-state index contributed by atoms with van der Waals surface area (Å²) in [5, 5.41) is 0.772. The van der Waals surface area contributed by atoms with Crippen LogP contribution in [-0.2, 0) is 13.0 Å². The monoisotopic (exact) mass is 514 g/mol. The number of ether oxygens (including phenoxy) is 1. The molecule has 0 aromatic heterocycles. The second-order valence-electron chi connectivity index (χ2n) is 9.32. The molecule has 0 unspecified atom stereocenters. The average molecular weight is 515 g/mol. The van der Waals surface area contributed by atoms with Crippen LogP contribution in [0.2, 0.25) is 5.02 Å². The first-order chi connectivity index (χ1) is 17.0. The van der Waals surface area contributed by atoms with Gasteiger partial charge in [0.15, 0.2) is 0 Å². The van der Waals surface area contributed by atoms with E-state index in [1.807, 2.05) is 18.2 Å². The van der Waals surface area contributed by atoms with E-state index in [2.05, 4.69) is 48.7 Å². The molecular formula is C29H39ClN2O2S. The standard InChI is InChI=1S/C29H39ClN2O2S/c1-2-22(9-5-3-4-8-18-35)15-16-32-21-25-11-13-26(30)19-23(25)10-6-7-17-34-28-14-12-24(29(31)33)20-27(28)32/h3,5,11-14,19-20,22,35H,2,4,6-10,15-18,21H2,1H3,(H2,31,33)/b5-3+/t22-/m0/s1. The minimum atomic E-state index is -0.424. The third-order valence-electron chi connectivity index (χ3n) is 6.76. The zero-order chi connectivity index (χ0) is 25.0. The number of allylic oxidation sites excluding steroid dienone is 2. The number of rotatable bonds is 10.